The third-order valence-electron chi connectivity index (χ3n) is 3.01. The summed E-state index contributed by atoms with van der Waals surface area (Å²) >= 11 is 0. The van der Waals surface area contributed by atoms with Gasteiger partial charge in [0.25, 0.3) is 0 Å². The van der Waals surface area contributed by atoms with Crippen LogP contribution in [0.3, 0.4) is 0 Å². The van der Waals surface area contributed by atoms with Crippen molar-refractivity contribution < 1.29 is 9.67 Å². The van der Waals surface area contributed by atoms with Crippen molar-refractivity contribution in [3.63, 3.8) is 0 Å². The maximum atomic E-state index is 9.09. The predicted octanol–water partition coefficient (Wildman–Crippen LogP) is 2.11. The lowest BCUT2D eigenvalue weighted by Gasteiger charge is -2.03. The van der Waals surface area contributed by atoms with Gasteiger partial charge >= 0.3 is 0 Å². The SMILES string of the molecule is C/C(=C\c1ccc(N)cc1)c1cccc[n+]1CCO. The average Bonchev–Trinajstić information content (AvgIpc) is 2.42. The lowest BCUT2D eigenvalue weighted by molar-refractivity contribution is -0.700. The molecule has 0 aliphatic heterocycles. The second kappa shape index (κ2) is 6.16. The van der Waals surface area contributed by atoms with Gasteiger partial charge < -0.3 is 10.8 Å². The second-order valence-electron chi connectivity index (χ2n) is 4.50. The fourth-order valence-electron chi connectivity index (χ4n) is 2.05. The first kappa shape index (κ1) is 13.3. The van der Waals surface area contributed by atoms with Crippen LogP contribution in [0.4, 0.5) is 5.69 Å². The number of aliphatic hydroxyl groups is 1. The Morgan fingerprint density at radius 3 is 2.63 bits per heavy atom. The monoisotopic (exact) mass is 255 g/mol. The third kappa shape index (κ3) is 3.42. The Balaban J connectivity index is 2.33. The fourth-order valence-corrected chi connectivity index (χ4v) is 2.05. The van der Waals surface area contributed by atoms with Crippen LogP contribution >= 0.6 is 0 Å². The van der Waals surface area contributed by atoms with Gasteiger partial charge in [0.05, 0.1) is 0 Å². The molecule has 2 rings (SSSR count). The van der Waals surface area contributed by atoms with Crippen LogP contribution < -0.4 is 10.3 Å². The molecule has 98 valence electrons. The standard InChI is InChI=1S/C16H18N2O/c1-13(12-14-5-7-15(17)8-6-14)16-4-2-3-9-18(16)10-11-19/h2-9,12,17,19H,10-11H2,1H3/p+1. The highest BCUT2D eigenvalue weighted by molar-refractivity contribution is 5.77. The Labute approximate surface area is 113 Å². The maximum Gasteiger partial charge on any atom is 0.208 e. The van der Waals surface area contributed by atoms with E-state index in [2.05, 4.69) is 19.1 Å². The van der Waals surface area contributed by atoms with Crippen molar-refractivity contribution in [2.75, 3.05) is 12.3 Å². The molecule has 3 heteroatoms. The number of benzene rings is 1. The van der Waals surface area contributed by atoms with E-state index in [4.69, 9.17) is 10.8 Å². The smallest absolute Gasteiger partial charge is 0.208 e. The fraction of sp³-hybridized carbons (Fsp3) is 0.188. The quantitative estimate of drug-likeness (QED) is 0.649. The van der Waals surface area contributed by atoms with E-state index in [1.54, 1.807) is 0 Å². The largest absolute Gasteiger partial charge is 0.399 e. The molecule has 0 aliphatic carbocycles. The number of anilines is 1. The molecule has 0 radical (unpaired) electrons. The topological polar surface area (TPSA) is 50.1 Å². The highest BCUT2D eigenvalue weighted by Crippen LogP contribution is 2.15. The molecular weight excluding hydrogens is 236 g/mol. The van der Waals surface area contributed by atoms with Crippen molar-refractivity contribution in [1.82, 2.24) is 0 Å². The van der Waals surface area contributed by atoms with Crippen molar-refractivity contribution in [2.24, 2.45) is 0 Å². The lowest BCUT2D eigenvalue weighted by atomic mass is 10.1. The lowest BCUT2D eigenvalue weighted by Crippen LogP contribution is -2.38. The van der Waals surface area contributed by atoms with Gasteiger partial charge in [-0.25, -0.2) is 0 Å². The minimum atomic E-state index is 0.136. The highest BCUT2D eigenvalue weighted by Gasteiger charge is 2.10. The molecule has 1 aromatic carbocycles. The van der Waals surface area contributed by atoms with E-state index >= 15 is 0 Å². The van der Waals surface area contributed by atoms with Crippen molar-refractivity contribution in [3.8, 4) is 0 Å². The van der Waals surface area contributed by atoms with Crippen LogP contribution in [0.1, 0.15) is 18.2 Å². The highest BCUT2D eigenvalue weighted by atomic mass is 16.3. The molecule has 19 heavy (non-hydrogen) atoms. The molecule has 0 aliphatic rings. The maximum absolute atomic E-state index is 9.09. The van der Waals surface area contributed by atoms with E-state index in [1.807, 2.05) is 47.2 Å². The average molecular weight is 255 g/mol. The van der Waals surface area contributed by atoms with Gasteiger partial charge in [0.15, 0.2) is 12.7 Å². The van der Waals surface area contributed by atoms with Crippen molar-refractivity contribution >= 4 is 17.3 Å². The van der Waals surface area contributed by atoms with Crippen molar-refractivity contribution in [2.45, 2.75) is 13.5 Å². The third-order valence-corrected chi connectivity index (χ3v) is 3.01. The van der Waals surface area contributed by atoms with Crippen LogP contribution in [0.5, 0.6) is 0 Å². The molecular formula is C16H19N2O+. The Hall–Kier alpha value is -2.13. The van der Waals surface area contributed by atoms with Crippen LogP contribution in [-0.2, 0) is 6.54 Å². The van der Waals surface area contributed by atoms with Gasteiger partial charge in [-0.1, -0.05) is 12.1 Å². The Kier molecular flexibility index (Phi) is 4.31. The number of pyridine rings is 1. The summed E-state index contributed by atoms with van der Waals surface area (Å²) in [4.78, 5) is 0. The molecule has 1 aromatic heterocycles. The molecule has 0 unspecified atom stereocenters. The van der Waals surface area contributed by atoms with Crippen molar-refractivity contribution in [1.29, 1.82) is 0 Å². The van der Waals surface area contributed by atoms with Gasteiger partial charge in [-0.3, -0.25) is 0 Å². The number of hydrogen-bond donors (Lipinski definition) is 2. The van der Waals surface area contributed by atoms with E-state index < -0.39 is 0 Å². The summed E-state index contributed by atoms with van der Waals surface area (Å²) in [6, 6.07) is 13.8. The summed E-state index contributed by atoms with van der Waals surface area (Å²) < 4.78 is 2.04. The second-order valence-corrected chi connectivity index (χ2v) is 4.50. The number of nitrogens with zero attached hydrogens (tertiary/aromatic N) is 1. The van der Waals surface area contributed by atoms with Crippen LogP contribution in [-0.4, -0.2) is 11.7 Å². The number of rotatable bonds is 4. The summed E-state index contributed by atoms with van der Waals surface area (Å²) in [6.45, 7) is 2.81. The molecule has 0 spiro atoms. The molecule has 0 atom stereocenters. The summed E-state index contributed by atoms with van der Waals surface area (Å²) in [5, 5.41) is 9.09. The van der Waals surface area contributed by atoms with E-state index in [1.165, 1.54) is 0 Å². The zero-order valence-electron chi connectivity index (χ0n) is 11.1. The molecule has 0 bridgehead atoms. The summed E-state index contributed by atoms with van der Waals surface area (Å²) in [5.74, 6) is 0. The van der Waals surface area contributed by atoms with Gasteiger partial charge in [0.1, 0.15) is 6.61 Å². The van der Waals surface area contributed by atoms with E-state index in [0.29, 0.717) is 6.54 Å². The van der Waals surface area contributed by atoms with Gasteiger partial charge in [0.2, 0.25) is 5.69 Å². The molecule has 3 N–H and O–H groups in total. The van der Waals surface area contributed by atoms with Crippen LogP contribution in [0.15, 0.2) is 48.7 Å². The number of aliphatic hydroxyl groups excluding tert-OH is 1. The minimum absolute atomic E-state index is 0.136. The Morgan fingerprint density at radius 2 is 1.95 bits per heavy atom. The zero-order chi connectivity index (χ0) is 13.7. The summed E-state index contributed by atoms with van der Waals surface area (Å²) in [7, 11) is 0. The number of aromatic nitrogens is 1. The van der Waals surface area contributed by atoms with Crippen LogP contribution in [0, 0.1) is 0 Å². The van der Waals surface area contributed by atoms with Gasteiger partial charge in [-0.05, 0) is 36.8 Å². The summed E-state index contributed by atoms with van der Waals surface area (Å²) in [6.07, 6.45) is 4.09. The van der Waals surface area contributed by atoms with Gasteiger partial charge in [-0.15, -0.1) is 0 Å². The van der Waals surface area contributed by atoms with E-state index in [-0.39, 0.29) is 6.61 Å². The van der Waals surface area contributed by atoms with E-state index in [9.17, 15) is 0 Å². The minimum Gasteiger partial charge on any atom is -0.399 e. The molecule has 1 heterocycles. The zero-order valence-corrected chi connectivity index (χ0v) is 11.1. The predicted molar refractivity (Wildman–Crippen MR) is 78.1 cm³/mol. The molecule has 0 fully saturated rings. The molecule has 2 aromatic rings. The molecule has 0 saturated heterocycles. The van der Waals surface area contributed by atoms with Crippen molar-refractivity contribution in [3.05, 3.63) is 59.9 Å². The number of nitrogens with two attached hydrogens (primary N) is 1. The number of hydrogen-bond acceptors (Lipinski definition) is 2. The normalized spacial score (nSPS) is 11.6. The first-order valence-electron chi connectivity index (χ1n) is 6.34. The molecule has 3 nitrogen and oxygen atoms in total. The van der Waals surface area contributed by atoms with Crippen LogP contribution in [0.25, 0.3) is 11.6 Å². The van der Waals surface area contributed by atoms with Gasteiger partial charge in [0, 0.05) is 23.4 Å². The molecule has 0 amide bonds. The Morgan fingerprint density at radius 1 is 1.21 bits per heavy atom. The Bertz CT molecular complexity index is 574. The first-order chi connectivity index (χ1) is 9.20. The van der Waals surface area contributed by atoms with Gasteiger partial charge in [-0.2, -0.15) is 4.57 Å². The number of allylic oxidation sites excluding steroid dienone is 1. The van der Waals surface area contributed by atoms with E-state index in [0.717, 1.165) is 22.5 Å². The number of nitrogen functional groups attached to an aromatic ring is 1. The first-order valence-corrected chi connectivity index (χ1v) is 6.34. The summed E-state index contributed by atoms with van der Waals surface area (Å²) in [5.41, 5.74) is 9.82. The van der Waals surface area contributed by atoms with Crippen LogP contribution in [0.2, 0.25) is 0 Å². The molecule has 0 saturated carbocycles.